The Balaban J connectivity index is 1.71. The van der Waals surface area contributed by atoms with Crippen LogP contribution in [0.15, 0.2) is 66.2 Å². The first-order chi connectivity index (χ1) is 12.7. The second kappa shape index (κ2) is 8.34. The van der Waals surface area contributed by atoms with Crippen molar-refractivity contribution in [1.82, 2.24) is 4.90 Å². The van der Waals surface area contributed by atoms with Gasteiger partial charge in [0.25, 0.3) is 0 Å². The van der Waals surface area contributed by atoms with Gasteiger partial charge in [-0.05, 0) is 16.7 Å². The maximum absolute atomic E-state index is 12.5. The maximum atomic E-state index is 12.5. The molecule has 0 radical (unpaired) electrons. The van der Waals surface area contributed by atoms with Crippen LogP contribution in [0.25, 0.3) is 6.08 Å². The number of benzene rings is 2. The van der Waals surface area contributed by atoms with Gasteiger partial charge in [0.1, 0.15) is 12.6 Å². The zero-order chi connectivity index (χ0) is 18.4. The van der Waals surface area contributed by atoms with E-state index in [-0.39, 0.29) is 6.61 Å². The van der Waals surface area contributed by atoms with E-state index in [0.717, 1.165) is 16.7 Å². The Bertz CT molecular complexity index is 786. The van der Waals surface area contributed by atoms with Crippen LogP contribution < -0.4 is 0 Å². The van der Waals surface area contributed by atoms with Gasteiger partial charge in [-0.3, -0.25) is 4.90 Å². The van der Waals surface area contributed by atoms with Crippen molar-refractivity contribution in [3.63, 3.8) is 0 Å². The van der Waals surface area contributed by atoms with Gasteiger partial charge >= 0.3 is 12.1 Å². The van der Waals surface area contributed by atoms with Crippen molar-refractivity contribution in [2.24, 2.45) is 0 Å². The second-order valence-corrected chi connectivity index (χ2v) is 6.12. The highest BCUT2D eigenvalue weighted by atomic mass is 16.6. The van der Waals surface area contributed by atoms with E-state index in [2.05, 4.69) is 0 Å². The van der Waals surface area contributed by atoms with E-state index in [4.69, 9.17) is 9.47 Å². The number of likely N-dealkylation sites (tertiary alicyclic amines) is 1. The molecule has 1 saturated heterocycles. The molecule has 2 aromatic carbocycles. The summed E-state index contributed by atoms with van der Waals surface area (Å²) in [4.78, 5) is 26.1. The molecule has 2 aromatic rings. The largest absolute Gasteiger partial charge is 0.467 e. The van der Waals surface area contributed by atoms with E-state index in [1.807, 2.05) is 66.7 Å². The topological polar surface area (TPSA) is 55.8 Å². The van der Waals surface area contributed by atoms with Crippen LogP contribution in [0.4, 0.5) is 4.79 Å². The molecular weight excluding hydrogens is 330 g/mol. The van der Waals surface area contributed by atoms with E-state index in [0.29, 0.717) is 13.0 Å². The number of ether oxygens (including phenoxy) is 2. The van der Waals surface area contributed by atoms with Crippen LogP contribution in [0.1, 0.15) is 17.5 Å². The minimum absolute atomic E-state index is 0.168. The normalized spacial score (nSPS) is 18.0. The van der Waals surface area contributed by atoms with Crippen molar-refractivity contribution < 1.29 is 19.1 Å². The van der Waals surface area contributed by atoms with Gasteiger partial charge in [0, 0.05) is 13.0 Å². The molecule has 1 fully saturated rings. The molecule has 1 atom stereocenters. The van der Waals surface area contributed by atoms with Crippen LogP contribution in [0.5, 0.6) is 0 Å². The highest BCUT2D eigenvalue weighted by molar-refractivity contribution is 5.83. The molecule has 0 N–H and O–H groups in total. The smallest absolute Gasteiger partial charge is 0.411 e. The van der Waals surface area contributed by atoms with Crippen molar-refractivity contribution in [1.29, 1.82) is 0 Å². The molecule has 1 heterocycles. The van der Waals surface area contributed by atoms with Gasteiger partial charge in [0.2, 0.25) is 0 Å². The predicted octanol–water partition coefficient (Wildman–Crippen LogP) is 3.65. The Morgan fingerprint density at radius 2 is 1.73 bits per heavy atom. The Labute approximate surface area is 152 Å². The molecule has 5 nitrogen and oxygen atoms in total. The number of hydrogen-bond acceptors (Lipinski definition) is 4. The zero-order valence-corrected chi connectivity index (χ0v) is 14.6. The molecule has 1 aliphatic rings. The minimum atomic E-state index is -0.654. The first-order valence-corrected chi connectivity index (χ1v) is 8.47. The number of hydrogen-bond donors (Lipinski definition) is 0. The molecule has 0 bridgehead atoms. The molecule has 1 aliphatic heterocycles. The van der Waals surface area contributed by atoms with Gasteiger partial charge in [-0.15, -0.1) is 0 Å². The highest BCUT2D eigenvalue weighted by Gasteiger charge is 2.38. The third-order valence-corrected chi connectivity index (χ3v) is 4.29. The summed E-state index contributed by atoms with van der Waals surface area (Å²) in [5.41, 5.74) is 2.92. The minimum Gasteiger partial charge on any atom is -0.467 e. The lowest BCUT2D eigenvalue weighted by atomic mass is 10.1. The fourth-order valence-corrected chi connectivity index (χ4v) is 2.98. The second-order valence-electron chi connectivity index (χ2n) is 6.12. The summed E-state index contributed by atoms with van der Waals surface area (Å²) in [7, 11) is 1.33. The average molecular weight is 351 g/mol. The first-order valence-electron chi connectivity index (χ1n) is 8.47. The van der Waals surface area contributed by atoms with Crippen molar-refractivity contribution in [3.8, 4) is 0 Å². The number of amides is 1. The Morgan fingerprint density at radius 3 is 2.38 bits per heavy atom. The van der Waals surface area contributed by atoms with Crippen molar-refractivity contribution in [3.05, 3.63) is 77.4 Å². The van der Waals surface area contributed by atoms with E-state index < -0.39 is 18.1 Å². The summed E-state index contributed by atoms with van der Waals surface area (Å²) in [5, 5.41) is 0. The fourth-order valence-electron chi connectivity index (χ4n) is 2.98. The van der Waals surface area contributed by atoms with Gasteiger partial charge in [-0.1, -0.05) is 66.7 Å². The van der Waals surface area contributed by atoms with Crippen molar-refractivity contribution in [2.45, 2.75) is 19.1 Å². The third-order valence-electron chi connectivity index (χ3n) is 4.29. The molecule has 5 heteroatoms. The Hall–Kier alpha value is -3.08. The predicted molar refractivity (Wildman–Crippen MR) is 98.2 cm³/mol. The van der Waals surface area contributed by atoms with Crippen LogP contribution in [-0.2, 0) is 20.9 Å². The van der Waals surface area contributed by atoms with Crippen LogP contribution in [0.3, 0.4) is 0 Å². The summed E-state index contributed by atoms with van der Waals surface area (Å²) >= 11 is 0. The number of carbonyl (C=O) groups excluding carboxylic acids is 2. The lowest BCUT2D eigenvalue weighted by Gasteiger charge is -2.21. The van der Waals surface area contributed by atoms with E-state index in [9.17, 15) is 9.59 Å². The van der Waals surface area contributed by atoms with E-state index in [1.165, 1.54) is 12.0 Å². The first kappa shape index (κ1) is 17.7. The van der Waals surface area contributed by atoms with Crippen molar-refractivity contribution >= 4 is 18.1 Å². The number of esters is 1. The molecule has 3 rings (SSSR count). The van der Waals surface area contributed by atoms with Crippen LogP contribution >= 0.6 is 0 Å². The van der Waals surface area contributed by atoms with E-state index in [1.54, 1.807) is 0 Å². The monoisotopic (exact) mass is 351 g/mol. The van der Waals surface area contributed by atoms with Crippen LogP contribution in [0, 0.1) is 0 Å². The summed E-state index contributed by atoms with van der Waals surface area (Å²) in [6.45, 7) is 0.518. The Kier molecular flexibility index (Phi) is 5.69. The molecule has 0 aromatic heterocycles. The third kappa shape index (κ3) is 4.30. The van der Waals surface area contributed by atoms with Gasteiger partial charge < -0.3 is 9.47 Å². The zero-order valence-electron chi connectivity index (χ0n) is 14.6. The maximum Gasteiger partial charge on any atom is 0.411 e. The summed E-state index contributed by atoms with van der Waals surface area (Å²) < 4.78 is 10.2. The molecule has 0 saturated carbocycles. The van der Waals surface area contributed by atoms with Gasteiger partial charge in [-0.25, -0.2) is 9.59 Å². The van der Waals surface area contributed by atoms with Gasteiger partial charge in [-0.2, -0.15) is 0 Å². The lowest BCUT2D eigenvalue weighted by Crippen LogP contribution is -2.41. The van der Waals surface area contributed by atoms with Crippen LogP contribution in [0.2, 0.25) is 0 Å². The van der Waals surface area contributed by atoms with Gasteiger partial charge in [0.15, 0.2) is 0 Å². The lowest BCUT2D eigenvalue weighted by molar-refractivity contribution is -0.145. The number of carbonyl (C=O) groups is 2. The molecule has 0 spiro atoms. The Morgan fingerprint density at radius 1 is 1.08 bits per heavy atom. The number of methoxy groups -OCH3 is 1. The summed E-state index contributed by atoms with van der Waals surface area (Å²) in [6, 6.07) is 18.6. The molecule has 1 unspecified atom stereocenters. The quantitative estimate of drug-likeness (QED) is 0.789. The average Bonchev–Trinajstić information content (AvgIpc) is 3.11. The SMILES string of the molecule is COC(=O)C1CC(=Cc2ccccc2)CN1C(=O)OCc1ccccc1. The molecule has 0 aliphatic carbocycles. The molecule has 26 heavy (non-hydrogen) atoms. The van der Waals surface area contributed by atoms with E-state index >= 15 is 0 Å². The molecular formula is C21H21NO4. The van der Waals surface area contributed by atoms with Crippen LogP contribution in [-0.4, -0.2) is 36.7 Å². The standard InChI is InChI=1S/C21H21NO4/c1-25-20(23)19-13-18(12-16-8-4-2-5-9-16)14-22(19)21(24)26-15-17-10-6-3-7-11-17/h2-12,19H,13-15H2,1H3. The fraction of sp³-hybridized carbons (Fsp3) is 0.238. The highest BCUT2D eigenvalue weighted by Crippen LogP contribution is 2.26. The van der Waals surface area contributed by atoms with Crippen molar-refractivity contribution in [2.75, 3.05) is 13.7 Å². The molecule has 1 amide bonds. The van der Waals surface area contributed by atoms with Gasteiger partial charge in [0.05, 0.1) is 7.11 Å². The summed E-state index contributed by atoms with van der Waals surface area (Å²) in [5.74, 6) is -0.432. The number of nitrogens with zero attached hydrogens (tertiary/aromatic N) is 1. The summed E-state index contributed by atoms with van der Waals surface area (Å²) in [6.07, 6.45) is 1.93. The number of rotatable bonds is 4. The molecule has 134 valence electrons.